The highest BCUT2D eigenvalue weighted by Crippen LogP contribution is 2.22. The van der Waals surface area contributed by atoms with E-state index in [1.807, 2.05) is 24.3 Å². The van der Waals surface area contributed by atoms with Crippen molar-refractivity contribution in [3.8, 4) is 11.4 Å². The van der Waals surface area contributed by atoms with Gasteiger partial charge in [-0.3, -0.25) is 14.7 Å². The lowest BCUT2D eigenvalue weighted by Gasteiger charge is -2.08. The van der Waals surface area contributed by atoms with Gasteiger partial charge < -0.3 is 10.1 Å². The van der Waals surface area contributed by atoms with Crippen molar-refractivity contribution >= 4 is 23.7 Å². The molecule has 0 saturated carbocycles. The topological polar surface area (TPSA) is 98.1 Å². The lowest BCUT2D eigenvalue weighted by atomic mass is 10.3. The molecule has 0 bridgehead atoms. The molecule has 9 heteroatoms. The second-order valence-corrected chi connectivity index (χ2v) is 5.32. The molecule has 1 aromatic carbocycles. The molecule has 8 nitrogen and oxygen atoms in total. The maximum atomic E-state index is 11.7. The first-order valence-corrected chi connectivity index (χ1v) is 7.87. The first kappa shape index (κ1) is 16.8. The summed E-state index contributed by atoms with van der Waals surface area (Å²) in [5.41, 5.74) is 0.820. The van der Waals surface area contributed by atoms with Gasteiger partial charge in [-0.1, -0.05) is 17.8 Å². The number of ether oxygens (including phenoxy) is 1. The van der Waals surface area contributed by atoms with Gasteiger partial charge in [0.2, 0.25) is 5.91 Å². The van der Waals surface area contributed by atoms with Gasteiger partial charge in [0, 0.05) is 12.6 Å². The Morgan fingerprint density at radius 1 is 1.39 bits per heavy atom. The number of urea groups is 1. The molecule has 0 aliphatic carbocycles. The van der Waals surface area contributed by atoms with E-state index in [0.29, 0.717) is 17.5 Å². The van der Waals surface area contributed by atoms with Crippen LogP contribution in [0.25, 0.3) is 5.69 Å². The molecule has 0 atom stereocenters. The van der Waals surface area contributed by atoms with E-state index in [0.717, 1.165) is 5.69 Å². The van der Waals surface area contributed by atoms with E-state index >= 15 is 0 Å². The van der Waals surface area contributed by atoms with E-state index in [9.17, 15) is 9.59 Å². The smallest absolute Gasteiger partial charge is 0.321 e. The van der Waals surface area contributed by atoms with E-state index in [2.05, 4.69) is 20.8 Å². The fraction of sp³-hybridized carbons (Fsp3) is 0.286. The van der Waals surface area contributed by atoms with Crippen LogP contribution in [0.15, 0.2) is 35.7 Å². The maximum Gasteiger partial charge on any atom is 0.321 e. The number of rotatable bonds is 6. The summed E-state index contributed by atoms with van der Waals surface area (Å²) in [5, 5.41) is 13.1. The number of thioether (sulfide) groups is 1. The minimum atomic E-state index is -0.507. The maximum absolute atomic E-state index is 11.7. The number of carbonyl (C=O) groups excluding carboxylic acids is 2. The molecular formula is C14H17N5O3S. The minimum absolute atomic E-state index is 0.0554. The second kappa shape index (κ2) is 8.18. The third-order valence-electron chi connectivity index (χ3n) is 2.77. The van der Waals surface area contributed by atoms with E-state index in [4.69, 9.17) is 4.74 Å². The fourth-order valence-corrected chi connectivity index (χ4v) is 2.49. The molecule has 1 aromatic heterocycles. The Bertz CT molecular complexity index is 689. The van der Waals surface area contributed by atoms with Crippen LogP contribution >= 0.6 is 11.8 Å². The molecule has 0 unspecified atom stereocenters. The molecule has 2 rings (SSSR count). The summed E-state index contributed by atoms with van der Waals surface area (Å²) < 4.78 is 6.93. The van der Waals surface area contributed by atoms with E-state index in [1.54, 1.807) is 24.9 Å². The predicted octanol–water partition coefficient (Wildman–Crippen LogP) is 1.21. The van der Waals surface area contributed by atoms with Gasteiger partial charge in [-0.2, -0.15) is 0 Å². The lowest BCUT2D eigenvalue weighted by molar-refractivity contribution is -0.117. The summed E-state index contributed by atoms with van der Waals surface area (Å²) in [5.74, 6) is 0.363. The predicted molar refractivity (Wildman–Crippen MR) is 85.9 cm³/mol. The van der Waals surface area contributed by atoms with Crippen LogP contribution in [0, 0.1) is 0 Å². The fourth-order valence-electron chi connectivity index (χ4n) is 1.76. The molecule has 0 aliphatic rings. The van der Waals surface area contributed by atoms with Gasteiger partial charge in [0.1, 0.15) is 12.1 Å². The first-order chi connectivity index (χ1) is 11.1. The average molecular weight is 335 g/mol. The third-order valence-corrected chi connectivity index (χ3v) is 3.71. The van der Waals surface area contributed by atoms with Crippen molar-refractivity contribution in [1.82, 2.24) is 25.4 Å². The summed E-state index contributed by atoms with van der Waals surface area (Å²) in [7, 11) is 1.59. The Hall–Kier alpha value is -2.55. The number of nitrogens with one attached hydrogen (secondary N) is 2. The number of amides is 3. The highest BCUT2D eigenvalue weighted by Gasteiger charge is 2.12. The Morgan fingerprint density at radius 3 is 2.96 bits per heavy atom. The van der Waals surface area contributed by atoms with E-state index < -0.39 is 11.9 Å². The van der Waals surface area contributed by atoms with Crippen molar-refractivity contribution in [3.05, 3.63) is 30.6 Å². The molecule has 2 aromatic rings. The molecule has 3 amide bonds. The van der Waals surface area contributed by atoms with Crippen LogP contribution in [-0.2, 0) is 4.79 Å². The standard InChI is InChI=1S/C14H17N5O3S/c1-3-15-13(21)17-12(20)8-23-14-18-16-9-19(14)10-5-4-6-11(7-10)22-2/h4-7,9H,3,8H2,1-2H3,(H2,15,17,20,21). The van der Waals surface area contributed by atoms with Crippen LogP contribution < -0.4 is 15.4 Å². The van der Waals surface area contributed by atoms with Gasteiger partial charge in [-0.15, -0.1) is 10.2 Å². The Balaban J connectivity index is 2.01. The van der Waals surface area contributed by atoms with Crippen molar-refractivity contribution in [2.45, 2.75) is 12.1 Å². The SMILES string of the molecule is CCNC(=O)NC(=O)CSc1nncn1-c1cccc(OC)c1. The molecular weight excluding hydrogens is 318 g/mol. The highest BCUT2D eigenvalue weighted by atomic mass is 32.2. The molecule has 0 fully saturated rings. The van der Waals surface area contributed by atoms with Gasteiger partial charge in [-0.05, 0) is 19.1 Å². The van der Waals surface area contributed by atoms with Gasteiger partial charge in [0.05, 0.1) is 18.6 Å². The molecule has 0 aliphatic heterocycles. The van der Waals surface area contributed by atoms with Crippen molar-refractivity contribution < 1.29 is 14.3 Å². The Labute approximate surface area is 137 Å². The number of hydrogen-bond donors (Lipinski definition) is 2. The average Bonchev–Trinajstić information content (AvgIpc) is 3.01. The normalized spacial score (nSPS) is 10.2. The summed E-state index contributed by atoms with van der Waals surface area (Å²) in [6, 6.07) is 6.89. The van der Waals surface area contributed by atoms with Crippen LogP contribution in [0.5, 0.6) is 5.75 Å². The summed E-state index contributed by atoms with van der Waals surface area (Å²) >= 11 is 1.19. The Morgan fingerprint density at radius 2 is 2.22 bits per heavy atom. The van der Waals surface area contributed by atoms with Crippen LogP contribution in [0.1, 0.15) is 6.92 Å². The number of methoxy groups -OCH3 is 1. The van der Waals surface area contributed by atoms with Gasteiger partial charge in [0.15, 0.2) is 5.16 Å². The third kappa shape index (κ3) is 4.71. The van der Waals surface area contributed by atoms with Crippen LogP contribution in [0.3, 0.4) is 0 Å². The minimum Gasteiger partial charge on any atom is -0.497 e. The highest BCUT2D eigenvalue weighted by molar-refractivity contribution is 7.99. The zero-order valence-corrected chi connectivity index (χ0v) is 13.6. The number of carbonyl (C=O) groups is 2. The van der Waals surface area contributed by atoms with Crippen molar-refractivity contribution in [1.29, 1.82) is 0 Å². The number of aromatic nitrogens is 3. The summed E-state index contributed by atoms with van der Waals surface area (Å²) in [4.78, 5) is 23.0. The van der Waals surface area contributed by atoms with Crippen LogP contribution in [-0.4, -0.2) is 46.1 Å². The summed E-state index contributed by atoms with van der Waals surface area (Å²) in [6.07, 6.45) is 1.55. The van der Waals surface area contributed by atoms with Gasteiger partial charge in [-0.25, -0.2) is 4.79 Å². The number of benzene rings is 1. The molecule has 122 valence electrons. The number of imide groups is 1. The quantitative estimate of drug-likeness (QED) is 0.770. The van der Waals surface area contributed by atoms with Crippen molar-refractivity contribution in [3.63, 3.8) is 0 Å². The zero-order valence-electron chi connectivity index (χ0n) is 12.8. The number of hydrogen-bond acceptors (Lipinski definition) is 6. The lowest BCUT2D eigenvalue weighted by Crippen LogP contribution is -2.40. The molecule has 0 spiro atoms. The molecule has 1 heterocycles. The number of nitrogens with zero attached hydrogens (tertiary/aromatic N) is 3. The first-order valence-electron chi connectivity index (χ1n) is 6.89. The molecule has 0 radical (unpaired) electrons. The van der Waals surface area contributed by atoms with Crippen LogP contribution in [0.4, 0.5) is 4.79 Å². The summed E-state index contributed by atoms with van der Waals surface area (Å²) in [6.45, 7) is 2.23. The molecule has 2 N–H and O–H groups in total. The van der Waals surface area contributed by atoms with Crippen molar-refractivity contribution in [2.75, 3.05) is 19.4 Å². The second-order valence-electron chi connectivity index (χ2n) is 4.38. The zero-order chi connectivity index (χ0) is 16.7. The Kier molecular flexibility index (Phi) is 5.98. The largest absolute Gasteiger partial charge is 0.497 e. The molecule has 23 heavy (non-hydrogen) atoms. The van der Waals surface area contributed by atoms with Gasteiger partial charge in [0.25, 0.3) is 0 Å². The monoisotopic (exact) mass is 335 g/mol. The van der Waals surface area contributed by atoms with Gasteiger partial charge >= 0.3 is 6.03 Å². The van der Waals surface area contributed by atoms with Crippen molar-refractivity contribution in [2.24, 2.45) is 0 Å². The molecule has 0 saturated heterocycles. The van der Waals surface area contributed by atoms with E-state index in [-0.39, 0.29) is 5.75 Å². The van der Waals surface area contributed by atoms with Crippen LogP contribution in [0.2, 0.25) is 0 Å². The van der Waals surface area contributed by atoms with E-state index in [1.165, 1.54) is 11.8 Å².